The van der Waals surface area contributed by atoms with Gasteiger partial charge in [0, 0.05) is 19.1 Å². The average Bonchev–Trinajstić information content (AvgIpc) is 3.13. The summed E-state index contributed by atoms with van der Waals surface area (Å²) >= 11 is 0. The molecule has 2 aliphatic rings. The molecule has 0 radical (unpaired) electrons. The van der Waals surface area contributed by atoms with Gasteiger partial charge in [-0.15, -0.1) is 24.8 Å². The molecule has 0 aromatic heterocycles. The maximum atomic E-state index is 11.9. The number of nitrogens with two attached hydrogens (primary N) is 1. The number of nitrogens with one attached hydrogen (secondary N) is 1. The first kappa shape index (κ1) is 20.0. The van der Waals surface area contributed by atoms with Crippen LogP contribution in [0.1, 0.15) is 39.5 Å². The third-order valence-electron chi connectivity index (χ3n) is 4.51. The Morgan fingerprint density at radius 1 is 1.35 bits per heavy atom. The van der Waals surface area contributed by atoms with Crippen molar-refractivity contribution in [2.45, 2.75) is 51.6 Å². The number of nitrogens with zero attached hydrogens (tertiary/aromatic N) is 1. The summed E-state index contributed by atoms with van der Waals surface area (Å²) in [5.74, 6) is 0.907. The summed E-state index contributed by atoms with van der Waals surface area (Å²) in [6.45, 7) is 7.27. The lowest BCUT2D eigenvalue weighted by Gasteiger charge is -2.19. The largest absolute Gasteiger partial charge is 0.354 e. The van der Waals surface area contributed by atoms with E-state index in [9.17, 15) is 4.79 Å². The van der Waals surface area contributed by atoms with Gasteiger partial charge < -0.3 is 16.0 Å². The minimum absolute atomic E-state index is 0. The number of hydrogen-bond donors (Lipinski definition) is 2. The van der Waals surface area contributed by atoms with E-state index >= 15 is 0 Å². The van der Waals surface area contributed by atoms with E-state index in [1.54, 1.807) is 0 Å². The summed E-state index contributed by atoms with van der Waals surface area (Å²) in [6, 6.07) is 0.504. The van der Waals surface area contributed by atoms with Crippen molar-refractivity contribution in [2.75, 3.05) is 19.6 Å². The van der Waals surface area contributed by atoms with Gasteiger partial charge in [-0.25, -0.2) is 0 Å². The molecule has 1 saturated heterocycles. The Kier molecular flexibility index (Phi) is 9.07. The van der Waals surface area contributed by atoms with Gasteiger partial charge in [-0.2, -0.15) is 0 Å². The third-order valence-corrected chi connectivity index (χ3v) is 4.51. The number of amides is 1. The second-order valence-corrected chi connectivity index (χ2v) is 6.04. The number of likely N-dealkylation sites (tertiary alicyclic amines) is 1. The molecular weight excluding hydrogens is 297 g/mol. The molecule has 1 heterocycles. The predicted molar refractivity (Wildman–Crippen MR) is 87.6 cm³/mol. The Morgan fingerprint density at radius 2 is 2.00 bits per heavy atom. The van der Waals surface area contributed by atoms with E-state index < -0.39 is 0 Å². The topological polar surface area (TPSA) is 58.4 Å². The minimum Gasteiger partial charge on any atom is -0.354 e. The van der Waals surface area contributed by atoms with Crippen LogP contribution in [0.4, 0.5) is 0 Å². The summed E-state index contributed by atoms with van der Waals surface area (Å²) in [6.07, 6.45) is 4.92. The van der Waals surface area contributed by atoms with Crippen molar-refractivity contribution in [3.8, 4) is 0 Å². The van der Waals surface area contributed by atoms with Crippen LogP contribution in [0.5, 0.6) is 0 Å². The average molecular weight is 326 g/mol. The van der Waals surface area contributed by atoms with Gasteiger partial charge in [-0.05, 0) is 37.6 Å². The highest BCUT2D eigenvalue weighted by molar-refractivity contribution is 5.85. The lowest BCUT2D eigenvalue weighted by molar-refractivity contribution is -0.123. The van der Waals surface area contributed by atoms with Crippen molar-refractivity contribution in [3.05, 3.63) is 0 Å². The summed E-state index contributed by atoms with van der Waals surface area (Å²) in [5, 5.41) is 3.03. The summed E-state index contributed by atoms with van der Waals surface area (Å²) in [5.41, 5.74) is 5.92. The van der Waals surface area contributed by atoms with Crippen molar-refractivity contribution in [1.29, 1.82) is 0 Å². The van der Waals surface area contributed by atoms with E-state index in [1.165, 1.54) is 25.8 Å². The molecule has 4 nitrogen and oxygen atoms in total. The number of hydrogen-bond acceptors (Lipinski definition) is 3. The predicted octanol–water partition coefficient (Wildman–Crippen LogP) is 1.80. The highest BCUT2D eigenvalue weighted by Crippen LogP contribution is 2.31. The Hall–Kier alpha value is -0.0300. The zero-order valence-corrected chi connectivity index (χ0v) is 14.1. The third kappa shape index (κ3) is 5.40. The molecule has 0 spiro atoms. The fourth-order valence-electron chi connectivity index (χ4n) is 2.68. The Balaban J connectivity index is 0.00000180. The van der Waals surface area contributed by atoms with E-state index in [0.717, 1.165) is 25.6 Å². The zero-order valence-electron chi connectivity index (χ0n) is 12.5. The summed E-state index contributed by atoms with van der Waals surface area (Å²) < 4.78 is 0. The Labute approximate surface area is 135 Å². The molecule has 0 aromatic rings. The van der Waals surface area contributed by atoms with E-state index in [1.807, 2.05) is 6.92 Å². The SMILES string of the molecule is CCC(C)C(N)C(=O)NCC1CCN(C2CC2)C1.Cl.Cl. The van der Waals surface area contributed by atoms with Crippen LogP contribution in [-0.2, 0) is 4.79 Å². The van der Waals surface area contributed by atoms with Gasteiger partial charge in [0.2, 0.25) is 5.91 Å². The van der Waals surface area contributed by atoms with Crippen LogP contribution in [0.25, 0.3) is 0 Å². The van der Waals surface area contributed by atoms with Crippen LogP contribution in [-0.4, -0.2) is 42.5 Å². The van der Waals surface area contributed by atoms with E-state index in [4.69, 9.17) is 5.73 Å². The molecule has 2 rings (SSSR count). The quantitative estimate of drug-likeness (QED) is 0.783. The van der Waals surface area contributed by atoms with Crippen molar-refractivity contribution in [3.63, 3.8) is 0 Å². The molecule has 3 N–H and O–H groups in total. The van der Waals surface area contributed by atoms with Crippen LogP contribution in [0.2, 0.25) is 0 Å². The van der Waals surface area contributed by atoms with Crippen molar-refractivity contribution in [2.24, 2.45) is 17.6 Å². The van der Waals surface area contributed by atoms with E-state index in [-0.39, 0.29) is 42.7 Å². The Bertz CT molecular complexity index is 300. The lowest BCUT2D eigenvalue weighted by atomic mass is 9.99. The highest BCUT2D eigenvalue weighted by atomic mass is 35.5. The number of carbonyl (C=O) groups is 1. The number of carbonyl (C=O) groups excluding carboxylic acids is 1. The molecule has 3 atom stereocenters. The van der Waals surface area contributed by atoms with Crippen LogP contribution in [0.15, 0.2) is 0 Å². The summed E-state index contributed by atoms with van der Waals surface area (Å²) in [4.78, 5) is 14.5. The molecule has 3 unspecified atom stereocenters. The van der Waals surface area contributed by atoms with Gasteiger partial charge in [0.1, 0.15) is 0 Å². The van der Waals surface area contributed by atoms with Gasteiger partial charge in [0.05, 0.1) is 6.04 Å². The highest BCUT2D eigenvalue weighted by Gasteiger charge is 2.34. The van der Waals surface area contributed by atoms with Crippen LogP contribution in [0, 0.1) is 11.8 Å². The lowest BCUT2D eigenvalue weighted by Crippen LogP contribution is -2.46. The second-order valence-electron chi connectivity index (χ2n) is 6.04. The van der Waals surface area contributed by atoms with Gasteiger partial charge in [-0.3, -0.25) is 4.79 Å². The maximum Gasteiger partial charge on any atom is 0.237 e. The molecule has 0 bridgehead atoms. The van der Waals surface area contributed by atoms with Gasteiger partial charge in [-0.1, -0.05) is 20.3 Å². The molecule has 6 heteroatoms. The van der Waals surface area contributed by atoms with E-state index in [0.29, 0.717) is 5.92 Å². The van der Waals surface area contributed by atoms with Crippen LogP contribution in [0.3, 0.4) is 0 Å². The number of halogens is 2. The maximum absolute atomic E-state index is 11.9. The van der Waals surface area contributed by atoms with E-state index in [2.05, 4.69) is 17.1 Å². The first-order valence-corrected chi connectivity index (χ1v) is 7.39. The van der Waals surface area contributed by atoms with Crippen molar-refractivity contribution in [1.82, 2.24) is 10.2 Å². The second kappa shape index (κ2) is 9.08. The molecule has 1 aliphatic heterocycles. The molecule has 1 saturated carbocycles. The molecule has 1 aliphatic carbocycles. The van der Waals surface area contributed by atoms with Crippen LogP contribution >= 0.6 is 24.8 Å². The summed E-state index contributed by atoms with van der Waals surface area (Å²) in [7, 11) is 0. The van der Waals surface area contributed by atoms with Crippen molar-refractivity contribution >= 4 is 30.7 Å². The molecule has 20 heavy (non-hydrogen) atoms. The smallest absolute Gasteiger partial charge is 0.237 e. The molecule has 2 fully saturated rings. The van der Waals surface area contributed by atoms with Gasteiger partial charge >= 0.3 is 0 Å². The first-order chi connectivity index (χ1) is 8.61. The monoisotopic (exact) mass is 325 g/mol. The van der Waals surface area contributed by atoms with Crippen molar-refractivity contribution < 1.29 is 4.79 Å². The molecule has 120 valence electrons. The number of rotatable bonds is 6. The van der Waals surface area contributed by atoms with Gasteiger partial charge in [0.15, 0.2) is 0 Å². The fraction of sp³-hybridized carbons (Fsp3) is 0.929. The first-order valence-electron chi connectivity index (χ1n) is 7.39. The molecule has 1 amide bonds. The van der Waals surface area contributed by atoms with Gasteiger partial charge in [0.25, 0.3) is 0 Å². The fourth-order valence-corrected chi connectivity index (χ4v) is 2.68. The standard InChI is InChI=1S/C14H27N3O.2ClH/c1-3-10(2)13(15)14(18)16-8-11-6-7-17(9-11)12-4-5-12;;/h10-13H,3-9,15H2,1-2H3,(H,16,18);2*1H. The van der Waals surface area contributed by atoms with Crippen LogP contribution < -0.4 is 11.1 Å². The Morgan fingerprint density at radius 3 is 2.55 bits per heavy atom. The molecular formula is C14H29Cl2N3O. The molecule has 0 aromatic carbocycles. The minimum atomic E-state index is -0.351. The zero-order chi connectivity index (χ0) is 13.1. The normalized spacial score (nSPS) is 25.2.